The van der Waals surface area contributed by atoms with Gasteiger partial charge in [-0.25, -0.2) is 9.29 Å². The fraction of sp³-hybridized carbons (Fsp3) is 0.190. The number of imide groups is 1. The van der Waals surface area contributed by atoms with Crippen molar-refractivity contribution in [2.45, 2.75) is 25.6 Å². The number of halogens is 4. The second-order valence-electron chi connectivity index (χ2n) is 7.15. The molecule has 0 unspecified atom stereocenters. The molecule has 11 heteroatoms. The fourth-order valence-electron chi connectivity index (χ4n) is 2.88. The summed E-state index contributed by atoms with van der Waals surface area (Å²) in [5.41, 5.74) is -3.53. The zero-order chi connectivity index (χ0) is 23.7. The average Bonchev–Trinajstić information content (AvgIpc) is 3.20. The molecule has 32 heavy (non-hydrogen) atoms. The minimum absolute atomic E-state index is 0.0195. The van der Waals surface area contributed by atoms with Gasteiger partial charge in [0.2, 0.25) is 0 Å². The SMILES string of the molecule is [C-]#[N+]c1ncc(N(C(=O)c2ccccc2)C(=O)C(C)(C)n2cc(F)cn2)cc1C(F)(F)F. The van der Waals surface area contributed by atoms with Crippen molar-refractivity contribution < 1.29 is 27.2 Å². The smallest absolute Gasteiger partial charge is 0.360 e. The van der Waals surface area contributed by atoms with Crippen LogP contribution in [0.5, 0.6) is 0 Å². The second kappa shape index (κ2) is 8.22. The number of amides is 2. The molecule has 164 valence electrons. The number of rotatable bonds is 4. The van der Waals surface area contributed by atoms with E-state index in [9.17, 15) is 27.2 Å². The maximum absolute atomic E-state index is 13.5. The van der Waals surface area contributed by atoms with Crippen molar-refractivity contribution in [3.8, 4) is 0 Å². The summed E-state index contributed by atoms with van der Waals surface area (Å²) in [7, 11) is 0. The van der Waals surface area contributed by atoms with Crippen molar-refractivity contribution in [1.29, 1.82) is 0 Å². The first-order valence-corrected chi connectivity index (χ1v) is 9.06. The lowest BCUT2D eigenvalue weighted by atomic mass is 10.0. The molecule has 1 aromatic carbocycles. The summed E-state index contributed by atoms with van der Waals surface area (Å²) in [6.45, 7) is 9.59. The van der Waals surface area contributed by atoms with Crippen LogP contribution in [0.1, 0.15) is 29.8 Å². The Morgan fingerprint density at radius 2 is 1.78 bits per heavy atom. The van der Waals surface area contributed by atoms with E-state index >= 15 is 0 Å². The predicted octanol–water partition coefficient (Wildman–Crippen LogP) is 4.60. The van der Waals surface area contributed by atoms with E-state index in [1.807, 2.05) is 0 Å². The van der Waals surface area contributed by atoms with Crippen molar-refractivity contribution in [3.05, 3.63) is 83.4 Å². The van der Waals surface area contributed by atoms with Crippen LogP contribution in [0.15, 0.2) is 55.0 Å². The Morgan fingerprint density at radius 3 is 2.31 bits per heavy atom. The molecule has 0 bridgehead atoms. The first kappa shape index (κ1) is 22.6. The molecule has 7 nitrogen and oxygen atoms in total. The average molecular weight is 445 g/mol. The highest BCUT2D eigenvalue weighted by Gasteiger charge is 2.41. The van der Waals surface area contributed by atoms with Gasteiger partial charge in [0.1, 0.15) is 11.7 Å². The molecule has 2 aromatic heterocycles. The van der Waals surface area contributed by atoms with Crippen LogP contribution in [0.4, 0.5) is 29.1 Å². The highest BCUT2D eigenvalue weighted by atomic mass is 19.4. The Kier molecular flexibility index (Phi) is 5.81. The second-order valence-corrected chi connectivity index (χ2v) is 7.15. The number of aromatic nitrogens is 3. The predicted molar refractivity (Wildman–Crippen MR) is 105 cm³/mol. The van der Waals surface area contributed by atoms with Crippen LogP contribution in [0.3, 0.4) is 0 Å². The van der Waals surface area contributed by atoms with Gasteiger partial charge in [-0.05, 0) is 32.0 Å². The minimum Gasteiger partial charge on any atom is -0.360 e. The van der Waals surface area contributed by atoms with Gasteiger partial charge in [0.25, 0.3) is 17.6 Å². The number of alkyl halides is 3. The van der Waals surface area contributed by atoms with E-state index in [0.717, 1.165) is 23.3 Å². The Balaban J connectivity index is 2.19. The lowest BCUT2D eigenvalue weighted by molar-refractivity contribution is -0.137. The third-order valence-corrected chi connectivity index (χ3v) is 4.60. The van der Waals surface area contributed by atoms with Gasteiger partial charge in [-0.2, -0.15) is 18.3 Å². The maximum Gasteiger partial charge on any atom is 0.409 e. The van der Waals surface area contributed by atoms with E-state index in [2.05, 4.69) is 14.9 Å². The van der Waals surface area contributed by atoms with Crippen molar-refractivity contribution in [3.63, 3.8) is 0 Å². The molecule has 0 N–H and O–H groups in total. The molecular weight excluding hydrogens is 430 g/mol. The van der Waals surface area contributed by atoms with Crippen LogP contribution < -0.4 is 4.90 Å². The van der Waals surface area contributed by atoms with Gasteiger partial charge >= 0.3 is 6.18 Å². The van der Waals surface area contributed by atoms with E-state index in [-0.39, 0.29) is 5.56 Å². The van der Waals surface area contributed by atoms with Crippen molar-refractivity contribution >= 4 is 23.3 Å². The van der Waals surface area contributed by atoms with E-state index in [0.29, 0.717) is 11.0 Å². The molecule has 0 aliphatic rings. The first-order chi connectivity index (χ1) is 15.0. The summed E-state index contributed by atoms with van der Waals surface area (Å²) in [4.78, 5) is 33.5. The molecule has 3 rings (SSSR count). The summed E-state index contributed by atoms with van der Waals surface area (Å²) in [6.07, 6.45) is -2.34. The molecule has 3 aromatic rings. The number of benzene rings is 1. The minimum atomic E-state index is -4.95. The molecule has 0 atom stereocenters. The molecule has 0 spiro atoms. The molecule has 0 saturated heterocycles. The van der Waals surface area contributed by atoms with Crippen LogP contribution in [-0.4, -0.2) is 26.6 Å². The van der Waals surface area contributed by atoms with Crippen LogP contribution in [0.25, 0.3) is 4.85 Å². The molecule has 0 aliphatic carbocycles. The Bertz CT molecular complexity index is 1210. The highest BCUT2D eigenvalue weighted by Crippen LogP contribution is 2.38. The van der Waals surface area contributed by atoms with E-state index in [1.165, 1.54) is 38.1 Å². The zero-order valence-electron chi connectivity index (χ0n) is 16.8. The molecule has 2 amide bonds. The monoisotopic (exact) mass is 445 g/mol. The highest BCUT2D eigenvalue weighted by molar-refractivity contribution is 6.22. The summed E-state index contributed by atoms with van der Waals surface area (Å²) < 4.78 is 54.9. The van der Waals surface area contributed by atoms with E-state index in [4.69, 9.17) is 6.57 Å². The largest absolute Gasteiger partial charge is 0.409 e. The number of hydrogen-bond acceptors (Lipinski definition) is 4. The van der Waals surface area contributed by atoms with Gasteiger partial charge in [-0.3, -0.25) is 14.3 Å². The topological polar surface area (TPSA) is 72.5 Å². The number of hydrogen-bond donors (Lipinski definition) is 0. The summed E-state index contributed by atoms with van der Waals surface area (Å²) >= 11 is 0. The summed E-state index contributed by atoms with van der Waals surface area (Å²) in [6, 6.07) is 7.94. The maximum atomic E-state index is 13.5. The van der Waals surface area contributed by atoms with Crippen LogP contribution >= 0.6 is 0 Å². The number of carbonyl (C=O) groups excluding carboxylic acids is 2. The number of carbonyl (C=O) groups is 2. The Hall–Kier alpha value is -4.07. The van der Waals surface area contributed by atoms with E-state index < -0.39 is 46.4 Å². The molecule has 0 radical (unpaired) electrons. The first-order valence-electron chi connectivity index (χ1n) is 9.06. The van der Waals surface area contributed by atoms with Gasteiger partial charge in [0.05, 0.1) is 23.6 Å². The quantitative estimate of drug-likeness (QED) is 0.435. The van der Waals surface area contributed by atoms with Crippen molar-refractivity contribution in [1.82, 2.24) is 14.8 Å². The zero-order valence-corrected chi connectivity index (χ0v) is 16.8. The molecule has 0 fully saturated rings. The normalized spacial score (nSPS) is 11.7. The van der Waals surface area contributed by atoms with Gasteiger partial charge in [0.15, 0.2) is 5.82 Å². The lowest BCUT2D eigenvalue weighted by Gasteiger charge is -2.30. The molecule has 2 heterocycles. The summed E-state index contributed by atoms with van der Waals surface area (Å²) in [5.74, 6) is -3.58. The third kappa shape index (κ3) is 4.20. The van der Waals surface area contributed by atoms with Gasteiger partial charge in [-0.15, -0.1) is 4.98 Å². The van der Waals surface area contributed by atoms with E-state index in [1.54, 1.807) is 6.07 Å². The van der Waals surface area contributed by atoms with Crippen molar-refractivity contribution in [2.24, 2.45) is 0 Å². The van der Waals surface area contributed by atoms with Crippen molar-refractivity contribution in [2.75, 3.05) is 4.90 Å². The Morgan fingerprint density at radius 1 is 1.12 bits per heavy atom. The fourth-order valence-corrected chi connectivity index (χ4v) is 2.88. The Labute approximate surface area is 179 Å². The standard InChI is InChI=1S/C21H15F4N5O2/c1-20(2,29-12-14(22)10-28-29)19(32)30(18(31)13-7-5-4-6-8-13)15-9-16(21(23,24)25)17(26-3)27-11-15/h4-12H,1-2H3. The molecule has 0 aliphatic heterocycles. The van der Waals surface area contributed by atoms with Crippen LogP contribution in [-0.2, 0) is 16.5 Å². The summed E-state index contributed by atoms with van der Waals surface area (Å²) in [5, 5.41) is 3.75. The third-order valence-electron chi connectivity index (χ3n) is 4.60. The van der Waals surface area contributed by atoms with Crippen LogP contribution in [0, 0.1) is 12.4 Å². The van der Waals surface area contributed by atoms with Crippen LogP contribution in [0.2, 0.25) is 0 Å². The van der Waals surface area contributed by atoms with Gasteiger partial charge in [0, 0.05) is 5.56 Å². The van der Waals surface area contributed by atoms with Gasteiger partial charge < -0.3 is 4.85 Å². The number of pyridine rings is 1. The number of nitrogens with zero attached hydrogens (tertiary/aromatic N) is 5. The lowest BCUT2D eigenvalue weighted by Crippen LogP contribution is -2.50. The molecule has 0 saturated carbocycles. The van der Waals surface area contributed by atoms with Gasteiger partial charge in [-0.1, -0.05) is 24.8 Å². The molecular formula is C21H15F4N5O2. The number of anilines is 1.